The van der Waals surface area contributed by atoms with E-state index >= 15 is 0 Å². The quantitative estimate of drug-likeness (QED) is 0.455. The van der Waals surface area contributed by atoms with Crippen LogP contribution in [0.25, 0.3) is 21.3 Å². The maximum atomic E-state index is 5.47. The van der Waals surface area contributed by atoms with Gasteiger partial charge in [-0.1, -0.05) is 37.3 Å². The van der Waals surface area contributed by atoms with Crippen molar-refractivity contribution in [3.8, 4) is 11.1 Å². The van der Waals surface area contributed by atoms with Gasteiger partial charge in [-0.3, -0.25) is 10.00 Å². The molecule has 0 saturated carbocycles. The maximum absolute atomic E-state index is 5.47. The largest absolute Gasteiger partial charge is 0.379 e. The Bertz CT molecular complexity index is 1140. The second kappa shape index (κ2) is 8.81. The number of hydrogen-bond acceptors (Lipinski definition) is 8. The summed E-state index contributed by atoms with van der Waals surface area (Å²) in [7, 11) is 0. The molecule has 4 aromatic rings. The topological polar surface area (TPSA) is 79.8 Å². The summed E-state index contributed by atoms with van der Waals surface area (Å²) in [5, 5.41) is 12.2. The second-order valence-electron chi connectivity index (χ2n) is 7.05. The molecule has 1 saturated heterocycles. The Morgan fingerprint density at radius 3 is 2.73 bits per heavy atom. The smallest absolute Gasteiger partial charge is 0.214 e. The number of nitrogens with one attached hydrogen (secondary N) is 1. The van der Waals surface area contributed by atoms with Gasteiger partial charge in [0.1, 0.15) is 21.5 Å². The van der Waals surface area contributed by atoms with Crippen molar-refractivity contribution in [3.63, 3.8) is 0 Å². The van der Waals surface area contributed by atoms with Gasteiger partial charge in [-0.05, 0) is 17.3 Å². The Kier molecular flexibility index (Phi) is 5.76. The fraction of sp³-hybridized carbons (Fsp3) is 0.333. The summed E-state index contributed by atoms with van der Waals surface area (Å²) in [4.78, 5) is 17.8. The number of aryl methyl sites for hydroxylation is 1. The molecule has 1 aliphatic heterocycles. The lowest BCUT2D eigenvalue weighted by molar-refractivity contribution is 0.0330. The van der Waals surface area contributed by atoms with Gasteiger partial charge in [0.15, 0.2) is 0 Å². The molecule has 0 atom stereocenters. The number of fused-ring (bicyclic) bond motifs is 1. The van der Waals surface area contributed by atoms with Gasteiger partial charge < -0.3 is 4.74 Å². The first-order chi connectivity index (χ1) is 14.8. The molecule has 0 unspecified atom stereocenters. The first kappa shape index (κ1) is 19.6. The molecule has 1 aromatic carbocycles. The standard InChI is InChI=1S/C21H22N6OS2/c1-2-16-24-21(26-25-16)30-20-18-15(14-6-4-3-5-7-14)13-29-19(18)22-17(23-20)12-27-8-10-28-11-9-27/h3-7,13H,2,8-12H2,1H3,(H,24,25,26). The zero-order chi connectivity index (χ0) is 20.3. The lowest BCUT2D eigenvalue weighted by Crippen LogP contribution is -2.36. The third-order valence-electron chi connectivity index (χ3n) is 5.03. The summed E-state index contributed by atoms with van der Waals surface area (Å²) in [6.45, 7) is 6.12. The van der Waals surface area contributed by atoms with E-state index in [9.17, 15) is 0 Å². The molecule has 9 heteroatoms. The van der Waals surface area contributed by atoms with Gasteiger partial charge in [-0.25, -0.2) is 15.0 Å². The molecule has 30 heavy (non-hydrogen) atoms. The highest BCUT2D eigenvalue weighted by Gasteiger charge is 2.20. The van der Waals surface area contributed by atoms with E-state index in [1.807, 2.05) is 6.07 Å². The van der Waals surface area contributed by atoms with Crippen LogP contribution < -0.4 is 0 Å². The molecule has 4 heterocycles. The van der Waals surface area contributed by atoms with Crippen LogP contribution in [0.4, 0.5) is 0 Å². The Labute approximate surface area is 182 Å². The van der Waals surface area contributed by atoms with E-state index in [0.29, 0.717) is 5.16 Å². The van der Waals surface area contributed by atoms with Gasteiger partial charge in [0.25, 0.3) is 0 Å². The van der Waals surface area contributed by atoms with Crippen LogP contribution in [0.2, 0.25) is 0 Å². The molecule has 1 N–H and O–H groups in total. The molecule has 1 aliphatic rings. The normalized spacial score (nSPS) is 15.1. The third-order valence-corrected chi connectivity index (χ3v) is 6.76. The summed E-state index contributed by atoms with van der Waals surface area (Å²) in [6.07, 6.45) is 0.822. The molecule has 3 aromatic heterocycles. The molecule has 0 amide bonds. The van der Waals surface area contributed by atoms with Crippen molar-refractivity contribution in [2.45, 2.75) is 30.1 Å². The molecule has 0 aliphatic carbocycles. The zero-order valence-corrected chi connectivity index (χ0v) is 18.3. The van der Waals surface area contributed by atoms with Gasteiger partial charge in [-0.2, -0.15) is 0 Å². The predicted octanol–water partition coefficient (Wildman–Crippen LogP) is 4.02. The molecule has 1 fully saturated rings. The highest BCUT2D eigenvalue weighted by atomic mass is 32.2. The summed E-state index contributed by atoms with van der Waals surface area (Å²) in [5.74, 6) is 1.71. The molecule has 0 spiro atoms. The summed E-state index contributed by atoms with van der Waals surface area (Å²) in [6, 6.07) is 10.4. The van der Waals surface area contributed by atoms with Gasteiger partial charge in [0, 0.05) is 30.5 Å². The number of morpholine rings is 1. The number of H-pyrrole nitrogens is 1. The molecular weight excluding hydrogens is 416 g/mol. The van der Waals surface area contributed by atoms with E-state index in [-0.39, 0.29) is 0 Å². The van der Waals surface area contributed by atoms with Crippen LogP contribution in [-0.2, 0) is 17.7 Å². The molecular formula is C21H22N6OS2. The highest BCUT2D eigenvalue weighted by molar-refractivity contribution is 7.99. The molecule has 0 bridgehead atoms. The van der Waals surface area contributed by atoms with Crippen molar-refractivity contribution in [2.24, 2.45) is 0 Å². The van der Waals surface area contributed by atoms with Crippen molar-refractivity contribution in [1.82, 2.24) is 30.0 Å². The molecule has 154 valence electrons. The van der Waals surface area contributed by atoms with Crippen LogP contribution >= 0.6 is 23.1 Å². The van der Waals surface area contributed by atoms with E-state index in [0.717, 1.165) is 71.7 Å². The van der Waals surface area contributed by atoms with Crippen LogP contribution in [0.5, 0.6) is 0 Å². The van der Waals surface area contributed by atoms with E-state index in [4.69, 9.17) is 14.7 Å². The lowest BCUT2D eigenvalue weighted by Gasteiger charge is -2.25. The summed E-state index contributed by atoms with van der Waals surface area (Å²) < 4.78 is 5.47. The van der Waals surface area contributed by atoms with Gasteiger partial charge in [-0.15, -0.1) is 16.4 Å². The fourth-order valence-corrected chi connectivity index (χ4v) is 5.36. The average molecular weight is 439 g/mol. The van der Waals surface area contributed by atoms with Crippen LogP contribution in [-0.4, -0.2) is 56.4 Å². The first-order valence-electron chi connectivity index (χ1n) is 10.0. The van der Waals surface area contributed by atoms with Crippen LogP contribution in [0.1, 0.15) is 18.6 Å². The van der Waals surface area contributed by atoms with E-state index < -0.39 is 0 Å². The zero-order valence-electron chi connectivity index (χ0n) is 16.7. The van der Waals surface area contributed by atoms with Gasteiger partial charge in [0.05, 0.1) is 25.1 Å². The number of rotatable bonds is 6. The molecule has 7 nitrogen and oxygen atoms in total. The van der Waals surface area contributed by atoms with E-state index in [2.05, 4.69) is 56.7 Å². The van der Waals surface area contributed by atoms with E-state index in [1.165, 1.54) is 17.3 Å². The Morgan fingerprint density at radius 2 is 1.97 bits per heavy atom. The number of nitrogens with zero attached hydrogens (tertiary/aromatic N) is 5. The minimum Gasteiger partial charge on any atom is -0.379 e. The number of hydrogen-bond donors (Lipinski definition) is 1. The molecule has 0 radical (unpaired) electrons. The van der Waals surface area contributed by atoms with Crippen LogP contribution in [0.15, 0.2) is 45.9 Å². The lowest BCUT2D eigenvalue weighted by atomic mass is 10.1. The van der Waals surface area contributed by atoms with Crippen molar-refractivity contribution in [3.05, 3.63) is 47.4 Å². The van der Waals surface area contributed by atoms with Crippen molar-refractivity contribution in [2.75, 3.05) is 26.3 Å². The summed E-state index contributed by atoms with van der Waals surface area (Å²) in [5.41, 5.74) is 2.32. The minimum absolute atomic E-state index is 0.689. The second-order valence-corrected chi connectivity index (χ2v) is 8.86. The highest BCUT2D eigenvalue weighted by Crippen LogP contribution is 2.39. The van der Waals surface area contributed by atoms with Gasteiger partial charge in [0.2, 0.25) is 5.16 Å². The predicted molar refractivity (Wildman–Crippen MR) is 119 cm³/mol. The number of thiophene rings is 1. The Balaban J connectivity index is 1.57. The Hall–Kier alpha value is -2.33. The number of ether oxygens (including phenoxy) is 1. The maximum Gasteiger partial charge on any atom is 0.214 e. The number of aromatic nitrogens is 5. The monoisotopic (exact) mass is 438 g/mol. The van der Waals surface area contributed by atoms with Crippen molar-refractivity contribution < 1.29 is 4.74 Å². The number of benzene rings is 1. The average Bonchev–Trinajstić information content (AvgIpc) is 3.42. The fourth-order valence-electron chi connectivity index (χ4n) is 3.45. The van der Waals surface area contributed by atoms with Crippen LogP contribution in [0.3, 0.4) is 0 Å². The first-order valence-corrected chi connectivity index (χ1v) is 11.7. The Morgan fingerprint density at radius 1 is 1.13 bits per heavy atom. The van der Waals surface area contributed by atoms with Crippen LogP contribution in [0, 0.1) is 0 Å². The number of aromatic amines is 1. The third kappa shape index (κ3) is 4.11. The van der Waals surface area contributed by atoms with Gasteiger partial charge >= 0.3 is 0 Å². The minimum atomic E-state index is 0.689. The SMILES string of the molecule is CCc1nc(Sc2nc(CN3CCOCC3)nc3scc(-c4ccccc4)c23)n[nH]1. The van der Waals surface area contributed by atoms with Crippen molar-refractivity contribution >= 4 is 33.3 Å². The summed E-state index contributed by atoms with van der Waals surface area (Å²) >= 11 is 3.16. The molecule has 5 rings (SSSR count). The van der Waals surface area contributed by atoms with E-state index in [1.54, 1.807) is 11.3 Å². The van der Waals surface area contributed by atoms with Crippen molar-refractivity contribution in [1.29, 1.82) is 0 Å².